The first-order chi connectivity index (χ1) is 17.2. The molecule has 36 heavy (non-hydrogen) atoms. The number of aromatic nitrogens is 2. The van der Waals surface area contributed by atoms with Gasteiger partial charge in [0.1, 0.15) is 5.82 Å². The van der Waals surface area contributed by atoms with Gasteiger partial charge in [-0.25, -0.2) is 9.78 Å². The summed E-state index contributed by atoms with van der Waals surface area (Å²) >= 11 is 0. The van der Waals surface area contributed by atoms with Gasteiger partial charge < -0.3 is 19.7 Å². The van der Waals surface area contributed by atoms with Gasteiger partial charge in [0, 0.05) is 33.1 Å². The van der Waals surface area contributed by atoms with E-state index in [1.165, 1.54) is 28.7 Å². The minimum Gasteiger partial charge on any atom is -0.385 e. The van der Waals surface area contributed by atoms with Crippen LogP contribution in [-0.4, -0.2) is 54.5 Å². The third-order valence-electron chi connectivity index (χ3n) is 5.72. The van der Waals surface area contributed by atoms with Gasteiger partial charge in [-0.15, -0.1) is 0 Å². The van der Waals surface area contributed by atoms with Crippen molar-refractivity contribution >= 4 is 22.6 Å². The number of amides is 2. The predicted octanol–water partition coefficient (Wildman–Crippen LogP) is 4.69. The first-order valence-corrected chi connectivity index (χ1v) is 11.4. The third-order valence-corrected chi connectivity index (χ3v) is 5.72. The maximum Gasteiger partial charge on any atom is 0.416 e. The number of rotatable bonds is 10. The highest BCUT2D eigenvalue weighted by Gasteiger charge is 2.30. The zero-order chi connectivity index (χ0) is 26.3. The third kappa shape index (κ3) is 6.41. The van der Waals surface area contributed by atoms with Gasteiger partial charge in [0.05, 0.1) is 35.7 Å². The van der Waals surface area contributed by atoms with E-state index >= 15 is 0 Å². The summed E-state index contributed by atoms with van der Waals surface area (Å²) in [4.78, 5) is 32.7. The molecule has 0 radical (unpaired) electrons. The van der Waals surface area contributed by atoms with E-state index in [2.05, 4.69) is 5.32 Å². The zero-order valence-corrected chi connectivity index (χ0v) is 20.3. The van der Waals surface area contributed by atoms with Crippen molar-refractivity contribution in [1.82, 2.24) is 14.5 Å². The number of benzene rings is 2. The lowest BCUT2D eigenvalue weighted by Crippen LogP contribution is -2.41. The molecule has 3 aromatic rings. The molecule has 0 spiro atoms. The molecule has 0 aliphatic rings. The Bertz CT molecular complexity index is 1230. The van der Waals surface area contributed by atoms with Crippen molar-refractivity contribution in [3.8, 4) is 0 Å². The van der Waals surface area contributed by atoms with Gasteiger partial charge in [0.25, 0.3) is 5.56 Å². The fraction of sp³-hybridized carbons (Fsp3) is 0.400. The van der Waals surface area contributed by atoms with E-state index in [-0.39, 0.29) is 30.9 Å². The molecule has 0 bridgehead atoms. The second kappa shape index (κ2) is 12.0. The summed E-state index contributed by atoms with van der Waals surface area (Å²) in [5.74, 6) is 0.371. The first-order valence-electron chi connectivity index (χ1n) is 11.4. The van der Waals surface area contributed by atoms with Gasteiger partial charge in [-0.05, 0) is 49.7 Å². The minimum absolute atomic E-state index is 0.209. The standard InChI is InChI=1S/C25H29F3N4O4/c1-17(22-30-21-8-5-4-7-20(21)23(33)32(22)14-16-36-3)31(13-6-15-35-2)24(34)29-19-11-9-18(10-12-19)25(26,27)28/h4-5,7-12,17H,6,13-16H2,1-3H3,(H,29,34). The molecular weight excluding hydrogens is 477 g/mol. The number of urea groups is 1. The highest BCUT2D eigenvalue weighted by atomic mass is 19.4. The lowest BCUT2D eigenvalue weighted by atomic mass is 10.2. The monoisotopic (exact) mass is 506 g/mol. The molecule has 1 heterocycles. The Balaban J connectivity index is 1.96. The number of anilines is 1. The Morgan fingerprint density at radius 1 is 1.08 bits per heavy atom. The number of hydrogen-bond acceptors (Lipinski definition) is 5. The van der Waals surface area contributed by atoms with Crippen LogP contribution < -0.4 is 10.9 Å². The van der Waals surface area contributed by atoms with Crippen molar-refractivity contribution in [2.75, 3.05) is 39.3 Å². The lowest BCUT2D eigenvalue weighted by molar-refractivity contribution is -0.137. The number of nitrogens with one attached hydrogen (secondary N) is 1. The summed E-state index contributed by atoms with van der Waals surface area (Å²) in [6.07, 6.45) is -3.98. The molecule has 0 saturated heterocycles. The van der Waals surface area contributed by atoms with Gasteiger partial charge >= 0.3 is 12.2 Å². The second-order valence-electron chi connectivity index (χ2n) is 8.16. The Morgan fingerprint density at radius 3 is 2.39 bits per heavy atom. The summed E-state index contributed by atoms with van der Waals surface area (Å²) in [5.41, 5.74) is -0.356. The molecular formula is C25H29F3N4O4. The van der Waals surface area contributed by atoms with Crippen molar-refractivity contribution in [2.45, 2.75) is 32.1 Å². The van der Waals surface area contributed by atoms with Crippen LogP contribution in [0.3, 0.4) is 0 Å². The van der Waals surface area contributed by atoms with Gasteiger partial charge in [0.15, 0.2) is 0 Å². The zero-order valence-electron chi connectivity index (χ0n) is 20.3. The molecule has 11 heteroatoms. The Hall–Kier alpha value is -3.44. The highest BCUT2D eigenvalue weighted by molar-refractivity contribution is 5.89. The number of carbonyl (C=O) groups excluding carboxylic acids is 1. The maximum atomic E-state index is 13.3. The molecule has 1 N–H and O–H groups in total. The van der Waals surface area contributed by atoms with Crippen molar-refractivity contribution in [2.24, 2.45) is 0 Å². The Morgan fingerprint density at radius 2 is 1.75 bits per heavy atom. The molecule has 3 rings (SSSR count). The molecule has 1 aromatic heterocycles. The molecule has 194 valence electrons. The summed E-state index contributed by atoms with van der Waals surface area (Å²) in [6, 6.07) is 9.96. The normalized spacial score (nSPS) is 12.5. The van der Waals surface area contributed by atoms with Crippen LogP contribution in [0, 0.1) is 0 Å². The van der Waals surface area contributed by atoms with Crippen molar-refractivity contribution in [1.29, 1.82) is 0 Å². The summed E-state index contributed by atoms with van der Waals surface area (Å²) < 4.78 is 50.5. The van der Waals surface area contributed by atoms with Crippen LogP contribution >= 0.6 is 0 Å². The van der Waals surface area contributed by atoms with Gasteiger partial charge in [-0.1, -0.05) is 12.1 Å². The van der Waals surface area contributed by atoms with Crippen LogP contribution in [-0.2, 0) is 22.2 Å². The number of carbonyl (C=O) groups is 1. The topological polar surface area (TPSA) is 85.7 Å². The summed E-state index contributed by atoms with van der Waals surface area (Å²) in [7, 11) is 3.07. The van der Waals surface area contributed by atoms with Crippen LogP contribution in [0.2, 0.25) is 0 Å². The van der Waals surface area contributed by atoms with E-state index in [0.717, 1.165) is 12.1 Å². The molecule has 2 amide bonds. The summed E-state index contributed by atoms with van der Waals surface area (Å²) in [6.45, 7) is 2.90. The van der Waals surface area contributed by atoms with Crippen LogP contribution in [0.15, 0.2) is 53.3 Å². The van der Waals surface area contributed by atoms with Gasteiger partial charge in [-0.3, -0.25) is 9.36 Å². The minimum atomic E-state index is -4.48. The van der Waals surface area contributed by atoms with E-state index < -0.39 is 23.8 Å². The Labute approximate surface area is 206 Å². The second-order valence-corrected chi connectivity index (χ2v) is 8.16. The number of hydrogen-bond donors (Lipinski definition) is 1. The molecule has 8 nitrogen and oxygen atoms in total. The average Bonchev–Trinajstić information content (AvgIpc) is 2.85. The van der Waals surface area contributed by atoms with Crippen molar-refractivity contribution in [3.63, 3.8) is 0 Å². The van der Waals surface area contributed by atoms with Crippen LogP contribution in [0.5, 0.6) is 0 Å². The van der Waals surface area contributed by atoms with E-state index in [9.17, 15) is 22.8 Å². The molecule has 0 aliphatic heterocycles. The predicted molar refractivity (Wildman–Crippen MR) is 130 cm³/mol. The largest absolute Gasteiger partial charge is 0.416 e. The molecule has 0 saturated carbocycles. The quantitative estimate of drug-likeness (QED) is 0.403. The van der Waals surface area contributed by atoms with Gasteiger partial charge in [0.2, 0.25) is 0 Å². The van der Waals surface area contributed by atoms with E-state index in [1.807, 2.05) is 0 Å². The molecule has 2 aromatic carbocycles. The molecule has 0 fully saturated rings. The fourth-order valence-electron chi connectivity index (χ4n) is 3.83. The molecule has 1 atom stereocenters. The van der Waals surface area contributed by atoms with Crippen LogP contribution in [0.25, 0.3) is 10.9 Å². The SMILES string of the molecule is COCCCN(C(=O)Nc1ccc(C(F)(F)F)cc1)C(C)c1nc2ccccc2c(=O)n1CCOC. The van der Waals surface area contributed by atoms with Crippen LogP contribution in [0.4, 0.5) is 23.7 Å². The van der Waals surface area contributed by atoms with Crippen molar-refractivity contribution < 1.29 is 27.4 Å². The number of alkyl halides is 3. The fourth-order valence-corrected chi connectivity index (χ4v) is 3.83. The molecule has 1 unspecified atom stereocenters. The maximum absolute atomic E-state index is 13.3. The number of methoxy groups -OCH3 is 2. The number of nitrogens with zero attached hydrogens (tertiary/aromatic N) is 3. The number of halogens is 3. The highest BCUT2D eigenvalue weighted by Crippen LogP contribution is 2.30. The number of ether oxygens (including phenoxy) is 2. The van der Waals surface area contributed by atoms with E-state index in [4.69, 9.17) is 14.5 Å². The smallest absolute Gasteiger partial charge is 0.385 e. The number of para-hydroxylation sites is 1. The first kappa shape index (κ1) is 27.2. The number of fused-ring (bicyclic) bond motifs is 1. The van der Waals surface area contributed by atoms with E-state index in [0.29, 0.717) is 29.8 Å². The van der Waals surface area contributed by atoms with Crippen LogP contribution in [0.1, 0.15) is 30.8 Å². The van der Waals surface area contributed by atoms with Gasteiger partial charge in [-0.2, -0.15) is 13.2 Å². The average molecular weight is 507 g/mol. The summed E-state index contributed by atoms with van der Waals surface area (Å²) in [5, 5.41) is 3.10. The Kier molecular flexibility index (Phi) is 9.05. The molecule has 0 aliphatic carbocycles. The lowest BCUT2D eigenvalue weighted by Gasteiger charge is -2.30. The van der Waals surface area contributed by atoms with E-state index in [1.54, 1.807) is 38.3 Å². The van der Waals surface area contributed by atoms with Crippen molar-refractivity contribution in [3.05, 3.63) is 70.3 Å².